The molecule has 2 heterocycles. The topological polar surface area (TPSA) is 7.76 Å². The molecule has 0 amide bonds. The summed E-state index contributed by atoms with van der Waals surface area (Å²) in [6.07, 6.45) is 7.79. The van der Waals surface area contributed by atoms with Gasteiger partial charge in [0.1, 0.15) is 11.6 Å². The number of rotatable bonds is 5. The summed E-state index contributed by atoms with van der Waals surface area (Å²) >= 11 is 0. The molecule has 0 N–H and O–H groups in total. The van der Waals surface area contributed by atoms with E-state index in [2.05, 4.69) is 0 Å². The van der Waals surface area contributed by atoms with Gasteiger partial charge in [-0.15, -0.1) is 0 Å². The molecule has 138 valence electrons. The Hall–Kier alpha value is -3.40. The highest BCUT2D eigenvalue weighted by molar-refractivity contribution is 5.60. The van der Waals surface area contributed by atoms with Crippen LogP contribution in [0.1, 0.15) is 11.1 Å². The molecule has 4 rings (SSSR count). The Labute approximate surface area is 163 Å². The van der Waals surface area contributed by atoms with Crippen molar-refractivity contribution >= 4 is 0 Å². The number of hydrogen-bond acceptors (Lipinski definition) is 0. The van der Waals surface area contributed by atoms with Crippen molar-refractivity contribution in [1.82, 2.24) is 0 Å². The van der Waals surface area contributed by atoms with Gasteiger partial charge >= 0.3 is 0 Å². The Morgan fingerprint density at radius 3 is 1.21 bits per heavy atom. The summed E-state index contributed by atoms with van der Waals surface area (Å²) in [5, 5.41) is 0. The number of pyridine rings is 2. The van der Waals surface area contributed by atoms with E-state index in [1.807, 2.05) is 70.3 Å². The summed E-state index contributed by atoms with van der Waals surface area (Å²) in [5.74, 6) is -0.386. The van der Waals surface area contributed by atoms with Crippen LogP contribution in [0, 0.1) is 11.6 Å². The van der Waals surface area contributed by atoms with Crippen LogP contribution < -0.4 is 9.13 Å². The van der Waals surface area contributed by atoms with Crippen molar-refractivity contribution in [3.8, 4) is 11.1 Å². The molecule has 0 saturated carbocycles. The van der Waals surface area contributed by atoms with Gasteiger partial charge in [0.2, 0.25) is 0 Å². The largest absolute Gasteiger partial charge is 0.206 e. The van der Waals surface area contributed by atoms with E-state index in [-0.39, 0.29) is 11.6 Å². The fourth-order valence-corrected chi connectivity index (χ4v) is 3.16. The van der Waals surface area contributed by atoms with Gasteiger partial charge in [-0.3, -0.25) is 0 Å². The molecule has 4 aromatic rings. The van der Waals surface area contributed by atoms with E-state index in [0.29, 0.717) is 24.2 Å². The second kappa shape index (κ2) is 8.09. The smallest absolute Gasteiger partial charge is 0.176 e. The molecule has 0 atom stereocenters. The zero-order valence-corrected chi connectivity index (χ0v) is 15.3. The SMILES string of the molecule is Fc1ccccc1C[n+]1ccc(-c2cc[n+](Cc3ccccc3F)cc2)cc1. The van der Waals surface area contributed by atoms with Crippen LogP contribution >= 0.6 is 0 Å². The third kappa shape index (κ3) is 4.12. The van der Waals surface area contributed by atoms with E-state index >= 15 is 0 Å². The van der Waals surface area contributed by atoms with Crippen molar-refractivity contribution in [2.24, 2.45) is 0 Å². The van der Waals surface area contributed by atoms with Gasteiger partial charge in [-0.2, -0.15) is 0 Å². The molecule has 4 heteroatoms. The molecule has 0 aliphatic heterocycles. The van der Waals surface area contributed by atoms with Crippen molar-refractivity contribution in [2.45, 2.75) is 13.1 Å². The average molecular weight is 374 g/mol. The lowest BCUT2D eigenvalue weighted by Gasteiger charge is -2.03. The molecule has 0 fully saturated rings. The van der Waals surface area contributed by atoms with Gasteiger partial charge in [-0.05, 0) is 35.4 Å². The van der Waals surface area contributed by atoms with Crippen LogP contribution in [-0.4, -0.2) is 0 Å². The van der Waals surface area contributed by atoms with Crippen LogP contribution in [0.5, 0.6) is 0 Å². The highest BCUT2D eigenvalue weighted by atomic mass is 19.1. The molecule has 0 bridgehead atoms. The second-order valence-corrected chi connectivity index (χ2v) is 6.70. The summed E-state index contributed by atoms with van der Waals surface area (Å²) in [6.45, 7) is 0.981. The van der Waals surface area contributed by atoms with Crippen LogP contribution in [0.2, 0.25) is 0 Å². The quantitative estimate of drug-likeness (QED) is 0.460. The van der Waals surface area contributed by atoms with Gasteiger partial charge in [-0.1, -0.05) is 24.3 Å². The van der Waals surface area contributed by atoms with Crippen LogP contribution in [0.25, 0.3) is 11.1 Å². The lowest BCUT2D eigenvalue weighted by atomic mass is 10.1. The summed E-state index contributed by atoms with van der Waals surface area (Å²) in [5.41, 5.74) is 3.47. The lowest BCUT2D eigenvalue weighted by molar-refractivity contribution is -0.688. The predicted molar refractivity (Wildman–Crippen MR) is 103 cm³/mol. The predicted octanol–water partition coefficient (Wildman–Crippen LogP) is 4.30. The molecule has 28 heavy (non-hydrogen) atoms. The maximum absolute atomic E-state index is 13.8. The van der Waals surface area contributed by atoms with Gasteiger partial charge in [-0.25, -0.2) is 17.9 Å². The zero-order chi connectivity index (χ0) is 19.3. The molecule has 0 aliphatic carbocycles. The monoisotopic (exact) mass is 374 g/mol. The van der Waals surface area contributed by atoms with E-state index in [0.717, 1.165) is 11.1 Å². The van der Waals surface area contributed by atoms with Gasteiger partial charge in [0.25, 0.3) is 0 Å². The summed E-state index contributed by atoms with van der Waals surface area (Å²) in [4.78, 5) is 0. The van der Waals surface area contributed by atoms with Crippen molar-refractivity contribution in [1.29, 1.82) is 0 Å². The molecule has 0 spiro atoms. The summed E-state index contributed by atoms with van der Waals surface area (Å²) < 4.78 is 31.5. The van der Waals surface area contributed by atoms with Gasteiger partial charge in [0.05, 0.1) is 11.1 Å². The maximum atomic E-state index is 13.8. The molecule has 0 aliphatic rings. The van der Waals surface area contributed by atoms with Gasteiger partial charge < -0.3 is 0 Å². The minimum atomic E-state index is -0.193. The first-order valence-corrected chi connectivity index (χ1v) is 9.14. The van der Waals surface area contributed by atoms with E-state index in [9.17, 15) is 8.78 Å². The maximum Gasteiger partial charge on any atom is 0.176 e. The first-order chi connectivity index (χ1) is 13.7. The molecule has 0 saturated heterocycles. The standard InChI is InChI=1S/C24H20F2N2/c25-23-7-3-1-5-21(23)17-27-13-9-19(10-14-27)20-11-15-28(16-12-20)18-22-6-2-4-8-24(22)26/h1-16H,17-18H2/q+2. The molecule has 2 nitrogen and oxygen atoms in total. The Morgan fingerprint density at radius 1 is 0.500 bits per heavy atom. The van der Waals surface area contributed by atoms with Gasteiger partial charge in [0.15, 0.2) is 37.9 Å². The Bertz CT molecular complexity index is 985. The molecule has 2 aromatic carbocycles. The fraction of sp³-hybridized carbons (Fsp3) is 0.0833. The molecule has 0 unspecified atom stereocenters. The first-order valence-electron chi connectivity index (χ1n) is 9.14. The van der Waals surface area contributed by atoms with E-state index in [1.165, 1.54) is 12.1 Å². The molecular formula is C24H20F2N2+2. The number of hydrogen-bond donors (Lipinski definition) is 0. The molecule has 0 radical (unpaired) electrons. The zero-order valence-electron chi connectivity index (χ0n) is 15.3. The first kappa shape index (κ1) is 18.0. The van der Waals surface area contributed by atoms with Crippen molar-refractivity contribution < 1.29 is 17.9 Å². The molecular weight excluding hydrogens is 354 g/mol. The Kier molecular flexibility index (Phi) is 5.20. The number of halogens is 2. The number of nitrogens with zero attached hydrogens (tertiary/aromatic N) is 2. The van der Waals surface area contributed by atoms with Crippen LogP contribution in [0.15, 0.2) is 97.6 Å². The minimum absolute atomic E-state index is 0.193. The highest BCUT2D eigenvalue weighted by Gasteiger charge is 2.10. The van der Waals surface area contributed by atoms with Crippen LogP contribution in [0.3, 0.4) is 0 Å². The van der Waals surface area contributed by atoms with E-state index in [4.69, 9.17) is 0 Å². The van der Waals surface area contributed by atoms with E-state index < -0.39 is 0 Å². The van der Waals surface area contributed by atoms with E-state index in [1.54, 1.807) is 24.3 Å². The normalized spacial score (nSPS) is 10.8. The second-order valence-electron chi connectivity index (χ2n) is 6.70. The Morgan fingerprint density at radius 2 is 0.857 bits per heavy atom. The Balaban J connectivity index is 1.47. The number of aromatic nitrogens is 2. The van der Waals surface area contributed by atoms with Crippen molar-refractivity contribution in [2.75, 3.05) is 0 Å². The van der Waals surface area contributed by atoms with Gasteiger partial charge in [0, 0.05) is 24.3 Å². The van der Waals surface area contributed by atoms with Crippen molar-refractivity contribution in [3.05, 3.63) is 120 Å². The number of benzene rings is 2. The third-order valence-electron chi connectivity index (χ3n) is 4.74. The molecule has 2 aromatic heterocycles. The summed E-state index contributed by atoms with van der Waals surface area (Å²) in [6, 6.07) is 21.7. The van der Waals surface area contributed by atoms with Crippen molar-refractivity contribution in [3.63, 3.8) is 0 Å². The third-order valence-corrected chi connectivity index (χ3v) is 4.74. The van der Waals surface area contributed by atoms with Crippen LogP contribution in [0.4, 0.5) is 8.78 Å². The lowest BCUT2D eigenvalue weighted by Crippen LogP contribution is -2.34. The average Bonchev–Trinajstić information content (AvgIpc) is 2.73. The highest BCUT2D eigenvalue weighted by Crippen LogP contribution is 2.16. The minimum Gasteiger partial charge on any atom is -0.206 e. The summed E-state index contributed by atoms with van der Waals surface area (Å²) in [7, 11) is 0. The van der Waals surface area contributed by atoms with Crippen LogP contribution in [-0.2, 0) is 13.1 Å². The fourth-order valence-electron chi connectivity index (χ4n) is 3.16.